The molecule has 3 heteroatoms. The molecule has 0 fully saturated rings. The fraction of sp³-hybridized carbons (Fsp3) is 0.500. The fourth-order valence-corrected chi connectivity index (χ4v) is 1.95. The van der Waals surface area contributed by atoms with E-state index in [1.807, 2.05) is 12.1 Å². The predicted octanol–water partition coefficient (Wildman–Crippen LogP) is 3.25. The van der Waals surface area contributed by atoms with Gasteiger partial charge in [-0.1, -0.05) is 26.0 Å². The highest BCUT2D eigenvalue weighted by atomic mass is 32.2. The Balaban J connectivity index is 2.50. The Morgan fingerprint density at radius 2 is 2.20 bits per heavy atom. The Hall–Kier alpha value is -0.540. The molecule has 0 saturated carbocycles. The van der Waals surface area contributed by atoms with Crippen LogP contribution in [0.3, 0.4) is 0 Å². The lowest BCUT2D eigenvalue weighted by Crippen LogP contribution is -2.21. The molecule has 1 rings (SSSR count). The SMILES string of the molecule is CC(C)NCc1cccc(SCCF)c1. The number of hydrogen-bond donors (Lipinski definition) is 1. The van der Waals surface area contributed by atoms with Crippen LogP contribution in [0.25, 0.3) is 0 Å². The second kappa shape index (κ2) is 6.85. The Kier molecular flexibility index (Phi) is 5.73. The largest absolute Gasteiger partial charge is 0.310 e. The summed E-state index contributed by atoms with van der Waals surface area (Å²) < 4.78 is 12.0. The van der Waals surface area contributed by atoms with Gasteiger partial charge in [0, 0.05) is 23.2 Å². The third-order valence-corrected chi connectivity index (χ3v) is 2.90. The Morgan fingerprint density at radius 1 is 1.40 bits per heavy atom. The molecule has 1 nitrogen and oxygen atoms in total. The van der Waals surface area contributed by atoms with E-state index < -0.39 is 0 Å². The maximum atomic E-state index is 12.0. The lowest BCUT2D eigenvalue weighted by molar-refractivity contribution is 0.533. The van der Waals surface area contributed by atoms with E-state index >= 15 is 0 Å². The van der Waals surface area contributed by atoms with Crippen molar-refractivity contribution in [2.24, 2.45) is 0 Å². The van der Waals surface area contributed by atoms with E-state index in [9.17, 15) is 4.39 Å². The molecule has 0 amide bonds. The van der Waals surface area contributed by atoms with E-state index in [0.717, 1.165) is 11.4 Å². The average molecular weight is 227 g/mol. The minimum Gasteiger partial charge on any atom is -0.310 e. The third-order valence-electron chi connectivity index (χ3n) is 1.96. The van der Waals surface area contributed by atoms with Crippen molar-refractivity contribution < 1.29 is 4.39 Å². The van der Waals surface area contributed by atoms with E-state index in [0.29, 0.717) is 11.8 Å². The van der Waals surface area contributed by atoms with Crippen LogP contribution in [-0.2, 0) is 6.54 Å². The summed E-state index contributed by atoms with van der Waals surface area (Å²) in [4.78, 5) is 1.15. The molecule has 0 bridgehead atoms. The molecule has 84 valence electrons. The number of rotatable bonds is 6. The second-order valence-corrected chi connectivity index (χ2v) is 4.89. The van der Waals surface area contributed by atoms with Gasteiger partial charge < -0.3 is 5.32 Å². The molecular weight excluding hydrogens is 209 g/mol. The number of hydrogen-bond acceptors (Lipinski definition) is 2. The van der Waals surface area contributed by atoms with Gasteiger partial charge in [0.1, 0.15) is 0 Å². The van der Waals surface area contributed by atoms with Crippen molar-refractivity contribution in [2.75, 3.05) is 12.4 Å². The first-order valence-electron chi connectivity index (χ1n) is 5.23. The summed E-state index contributed by atoms with van der Waals surface area (Å²) in [6.07, 6.45) is 0. The molecule has 15 heavy (non-hydrogen) atoms. The number of halogens is 1. The maximum absolute atomic E-state index is 12.0. The molecule has 0 aliphatic heterocycles. The molecule has 0 atom stereocenters. The first-order chi connectivity index (χ1) is 7.22. The standard InChI is InChI=1S/C12H18FNS/c1-10(2)14-9-11-4-3-5-12(8-11)15-7-6-13/h3-5,8,10,14H,6-7,9H2,1-2H3. The number of alkyl halides is 1. The van der Waals surface area contributed by atoms with Crippen molar-refractivity contribution in [3.8, 4) is 0 Å². The zero-order chi connectivity index (χ0) is 11.1. The smallest absolute Gasteiger partial charge is 0.0988 e. The summed E-state index contributed by atoms with van der Waals surface area (Å²) in [5, 5.41) is 3.36. The van der Waals surface area contributed by atoms with Crippen molar-refractivity contribution in [3.63, 3.8) is 0 Å². The summed E-state index contributed by atoms with van der Waals surface area (Å²) in [7, 11) is 0. The monoisotopic (exact) mass is 227 g/mol. The van der Waals surface area contributed by atoms with Gasteiger partial charge in [0.15, 0.2) is 0 Å². The van der Waals surface area contributed by atoms with Crippen LogP contribution >= 0.6 is 11.8 Å². The lowest BCUT2D eigenvalue weighted by atomic mass is 10.2. The first-order valence-corrected chi connectivity index (χ1v) is 6.22. The summed E-state index contributed by atoms with van der Waals surface area (Å²) in [5.41, 5.74) is 1.26. The highest BCUT2D eigenvalue weighted by Gasteiger charge is 1.98. The van der Waals surface area contributed by atoms with Crippen LogP contribution in [0.15, 0.2) is 29.2 Å². The third kappa shape index (κ3) is 5.19. The van der Waals surface area contributed by atoms with Crippen LogP contribution in [0.1, 0.15) is 19.4 Å². The van der Waals surface area contributed by atoms with Crippen LogP contribution in [0.4, 0.5) is 4.39 Å². The molecule has 1 aromatic rings. The summed E-state index contributed by atoms with van der Waals surface area (Å²) in [6.45, 7) is 4.87. The van der Waals surface area contributed by atoms with Gasteiger partial charge in [-0.25, -0.2) is 0 Å². The summed E-state index contributed by atoms with van der Waals surface area (Å²) in [6, 6.07) is 8.76. The molecule has 1 N–H and O–H groups in total. The quantitative estimate of drug-likeness (QED) is 0.749. The molecule has 0 saturated heterocycles. The van der Waals surface area contributed by atoms with Crippen LogP contribution in [0.2, 0.25) is 0 Å². The summed E-state index contributed by atoms with van der Waals surface area (Å²) in [5.74, 6) is 0.543. The molecular formula is C12H18FNS. The van der Waals surface area contributed by atoms with Crippen molar-refractivity contribution in [1.82, 2.24) is 5.32 Å². The van der Waals surface area contributed by atoms with Gasteiger partial charge in [-0.05, 0) is 17.7 Å². The van der Waals surface area contributed by atoms with Gasteiger partial charge in [0.2, 0.25) is 0 Å². The minimum absolute atomic E-state index is 0.265. The minimum atomic E-state index is -0.265. The van der Waals surface area contributed by atoms with E-state index in [-0.39, 0.29) is 6.67 Å². The maximum Gasteiger partial charge on any atom is 0.0988 e. The Morgan fingerprint density at radius 3 is 2.87 bits per heavy atom. The van der Waals surface area contributed by atoms with Crippen molar-refractivity contribution in [1.29, 1.82) is 0 Å². The lowest BCUT2D eigenvalue weighted by Gasteiger charge is -2.09. The summed E-state index contributed by atoms with van der Waals surface area (Å²) >= 11 is 1.57. The van der Waals surface area contributed by atoms with Gasteiger partial charge in [-0.2, -0.15) is 0 Å². The second-order valence-electron chi connectivity index (χ2n) is 3.72. The number of benzene rings is 1. The zero-order valence-corrected chi connectivity index (χ0v) is 10.1. The van der Waals surface area contributed by atoms with Crippen molar-refractivity contribution in [3.05, 3.63) is 29.8 Å². The normalized spacial score (nSPS) is 10.9. The van der Waals surface area contributed by atoms with Crippen LogP contribution < -0.4 is 5.32 Å². The van der Waals surface area contributed by atoms with Gasteiger partial charge in [0.25, 0.3) is 0 Å². The van der Waals surface area contributed by atoms with Gasteiger partial charge in [0.05, 0.1) is 6.67 Å². The van der Waals surface area contributed by atoms with Gasteiger partial charge in [-0.15, -0.1) is 11.8 Å². The Labute approximate surface area is 95.5 Å². The van der Waals surface area contributed by atoms with Crippen LogP contribution in [0, 0.1) is 0 Å². The van der Waals surface area contributed by atoms with E-state index in [1.54, 1.807) is 11.8 Å². The predicted molar refractivity (Wildman–Crippen MR) is 65.1 cm³/mol. The molecule has 0 heterocycles. The van der Waals surface area contributed by atoms with Crippen molar-refractivity contribution >= 4 is 11.8 Å². The van der Waals surface area contributed by atoms with Crippen molar-refractivity contribution in [2.45, 2.75) is 31.3 Å². The highest BCUT2D eigenvalue weighted by molar-refractivity contribution is 7.99. The zero-order valence-electron chi connectivity index (χ0n) is 9.29. The molecule has 0 unspecified atom stereocenters. The van der Waals surface area contributed by atoms with Gasteiger partial charge in [-0.3, -0.25) is 4.39 Å². The molecule has 0 spiro atoms. The average Bonchev–Trinajstić information content (AvgIpc) is 2.24. The number of nitrogens with one attached hydrogen (secondary N) is 1. The molecule has 1 aromatic carbocycles. The van der Waals surface area contributed by atoms with E-state index in [4.69, 9.17) is 0 Å². The van der Waals surface area contributed by atoms with Crippen LogP contribution in [-0.4, -0.2) is 18.5 Å². The van der Waals surface area contributed by atoms with Crippen LogP contribution in [0.5, 0.6) is 0 Å². The molecule has 0 aromatic heterocycles. The molecule has 0 aliphatic carbocycles. The van der Waals surface area contributed by atoms with Gasteiger partial charge >= 0.3 is 0 Å². The van der Waals surface area contributed by atoms with E-state index in [2.05, 4.69) is 31.3 Å². The highest BCUT2D eigenvalue weighted by Crippen LogP contribution is 2.18. The first kappa shape index (κ1) is 12.5. The number of thioether (sulfide) groups is 1. The molecule has 0 radical (unpaired) electrons. The topological polar surface area (TPSA) is 12.0 Å². The fourth-order valence-electron chi connectivity index (χ4n) is 1.22. The van der Waals surface area contributed by atoms with E-state index in [1.165, 1.54) is 5.56 Å². The molecule has 0 aliphatic rings. The Bertz CT molecular complexity index is 289.